The summed E-state index contributed by atoms with van der Waals surface area (Å²) >= 11 is 1.92. The van der Waals surface area contributed by atoms with E-state index in [9.17, 15) is 0 Å². The zero-order valence-corrected chi connectivity index (χ0v) is 13.5. The van der Waals surface area contributed by atoms with Crippen molar-refractivity contribution in [3.63, 3.8) is 0 Å². The van der Waals surface area contributed by atoms with Crippen LogP contribution in [-0.4, -0.2) is 21.6 Å². The molecule has 21 heavy (non-hydrogen) atoms. The van der Waals surface area contributed by atoms with E-state index in [0.717, 1.165) is 24.3 Å². The van der Waals surface area contributed by atoms with Gasteiger partial charge in [0.15, 0.2) is 0 Å². The minimum atomic E-state index is 0.140. The van der Waals surface area contributed by atoms with E-state index >= 15 is 0 Å². The van der Waals surface area contributed by atoms with Gasteiger partial charge in [0, 0.05) is 41.3 Å². The number of rotatable bonds is 5. The molecule has 0 radical (unpaired) electrons. The fourth-order valence-electron chi connectivity index (χ4n) is 2.84. The highest BCUT2D eigenvalue weighted by atomic mass is 32.2. The predicted molar refractivity (Wildman–Crippen MR) is 88.8 cm³/mol. The van der Waals surface area contributed by atoms with Gasteiger partial charge in [0.1, 0.15) is 0 Å². The van der Waals surface area contributed by atoms with Gasteiger partial charge in [0.25, 0.3) is 0 Å². The number of benzene rings is 1. The van der Waals surface area contributed by atoms with E-state index < -0.39 is 0 Å². The Morgan fingerprint density at radius 3 is 3.00 bits per heavy atom. The van der Waals surface area contributed by atoms with Crippen LogP contribution in [0.1, 0.15) is 43.5 Å². The second-order valence-corrected chi connectivity index (χ2v) is 6.93. The van der Waals surface area contributed by atoms with Crippen LogP contribution in [0, 0.1) is 0 Å². The van der Waals surface area contributed by atoms with E-state index in [1.165, 1.54) is 10.5 Å². The largest absolute Gasteiger partial charge is 0.327 e. The Morgan fingerprint density at radius 1 is 1.38 bits per heavy atom. The number of aromatic nitrogens is 2. The Morgan fingerprint density at radius 2 is 2.19 bits per heavy atom. The van der Waals surface area contributed by atoms with E-state index in [1.807, 2.05) is 11.8 Å². The van der Waals surface area contributed by atoms with E-state index in [2.05, 4.69) is 60.2 Å². The fourth-order valence-corrected chi connectivity index (χ4v) is 4.19. The molecule has 112 valence electrons. The highest BCUT2D eigenvalue weighted by Gasteiger charge is 2.28. The Bertz CT molecular complexity index is 608. The first-order chi connectivity index (χ1) is 10.2. The molecule has 1 aliphatic rings. The smallest absolute Gasteiger partial charge is 0.0640 e. The number of nitrogens with zero attached hydrogens (tertiary/aromatic N) is 2. The molecule has 0 saturated carbocycles. The molecule has 0 spiro atoms. The first-order valence-corrected chi connectivity index (χ1v) is 8.69. The van der Waals surface area contributed by atoms with Crippen molar-refractivity contribution in [2.75, 3.05) is 5.75 Å². The number of hydrogen-bond acceptors (Lipinski definition) is 3. The molecule has 0 fully saturated rings. The fraction of sp³-hybridized carbons (Fsp3) is 0.471. The van der Waals surface area contributed by atoms with E-state index in [4.69, 9.17) is 5.73 Å². The number of hydrogen-bond donors (Lipinski definition) is 1. The van der Waals surface area contributed by atoms with Crippen LogP contribution in [0.3, 0.4) is 0 Å². The molecule has 1 aliphatic heterocycles. The number of nitrogens with two attached hydrogens (primary N) is 1. The van der Waals surface area contributed by atoms with Crippen LogP contribution in [0.15, 0.2) is 41.4 Å². The lowest BCUT2D eigenvalue weighted by atomic mass is 9.91. The summed E-state index contributed by atoms with van der Waals surface area (Å²) in [6.45, 7) is 4.38. The van der Waals surface area contributed by atoms with E-state index in [1.54, 1.807) is 0 Å². The van der Waals surface area contributed by atoms with Crippen molar-refractivity contribution >= 4 is 11.8 Å². The summed E-state index contributed by atoms with van der Waals surface area (Å²) < 4.78 is 2.05. The molecule has 3 unspecified atom stereocenters. The summed E-state index contributed by atoms with van der Waals surface area (Å²) in [6.07, 6.45) is 4.02. The first-order valence-electron chi connectivity index (χ1n) is 7.70. The summed E-state index contributed by atoms with van der Waals surface area (Å²) in [7, 11) is 0. The molecule has 0 aliphatic carbocycles. The number of thioether (sulfide) groups is 1. The molecule has 4 heteroatoms. The highest BCUT2D eigenvalue weighted by Crippen LogP contribution is 2.41. The molecule has 2 aromatic rings. The summed E-state index contributed by atoms with van der Waals surface area (Å²) in [6, 6.07) is 11.3. The molecule has 0 amide bonds. The third-order valence-corrected chi connectivity index (χ3v) is 5.61. The van der Waals surface area contributed by atoms with Crippen molar-refractivity contribution < 1.29 is 0 Å². The average Bonchev–Trinajstić information content (AvgIpc) is 3.12. The molecule has 3 nitrogen and oxygen atoms in total. The normalized spacial score (nSPS) is 20.2. The van der Waals surface area contributed by atoms with Crippen LogP contribution < -0.4 is 5.73 Å². The van der Waals surface area contributed by atoms with Gasteiger partial charge in [-0.25, -0.2) is 0 Å². The Hall–Kier alpha value is -1.26. The third kappa shape index (κ3) is 3.01. The predicted octanol–water partition coefficient (Wildman–Crippen LogP) is 3.61. The van der Waals surface area contributed by atoms with Gasteiger partial charge in [-0.1, -0.05) is 25.1 Å². The topological polar surface area (TPSA) is 43.8 Å². The Labute approximate surface area is 130 Å². The monoisotopic (exact) mass is 301 g/mol. The third-order valence-electron chi connectivity index (χ3n) is 4.40. The van der Waals surface area contributed by atoms with Gasteiger partial charge in [-0.2, -0.15) is 5.10 Å². The van der Waals surface area contributed by atoms with Gasteiger partial charge in [-0.05, 0) is 31.0 Å². The molecular weight excluding hydrogens is 278 g/mol. The van der Waals surface area contributed by atoms with Crippen LogP contribution in [0.2, 0.25) is 0 Å². The van der Waals surface area contributed by atoms with Crippen molar-refractivity contribution in [3.05, 3.63) is 47.8 Å². The lowest BCUT2D eigenvalue weighted by Crippen LogP contribution is -2.31. The van der Waals surface area contributed by atoms with Gasteiger partial charge in [0.2, 0.25) is 0 Å². The van der Waals surface area contributed by atoms with Crippen molar-refractivity contribution in [2.45, 2.75) is 49.6 Å². The maximum Gasteiger partial charge on any atom is 0.0640 e. The molecule has 3 rings (SSSR count). The van der Waals surface area contributed by atoms with Crippen molar-refractivity contribution in [2.24, 2.45) is 5.73 Å². The number of fused-ring (bicyclic) bond motifs is 1. The van der Waals surface area contributed by atoms with Gasteiger partial charge in [-0.3, -0.25) is 4.68 Å². The minimum absolute atomic E-state index is 0.140. The van der Waals surface area contributed by atoms with Crippen LogP contribution in [0.5, 0.6) is 0 Å². The van der Waals surface area contributed by atoms with Gasteiger partial charge >= 0.3 is 0 Å². The SMILES string of the molecule is CCC(C)n1ccc(CC(N)C2CSc3ccccc32)n1. The highest BCUT2D eigenvalue weighted by molar-refractivity contribution is 7.99. The standard InChI is InChI=1S/C17H23N3S/c1-3-12(2)20-9-8-13(19-20)10-16(18)15-11-21-17-7-5-4-6-14(15)17/h4-9,12,15-16H,3,10-11,18H2,1-2H3. The van der Waals surface area contributed by atoms with Gasteiger partial charge in [-0.15, -0.1) is 11.8 Å². The maximum atomic E-state index is 6.48. The van der Waals surface area contributed by atoms with Crippen LogP contribution in [0.4, 0.5) is 0 Å². The molecule has 0 saturated heterocycles. The van der Waals surface area contributed by atoms with Crippen LogP contribution in [0.25, 0.3) is 0 Å². The molecule has 0 bridgehead atoms. The Balaban J connectivity index is 1.70. The van der Waals surface area contributed by atoms with Gasteiger partial charge < -0.3 is 5.73 Å². The zero-order valence-electron chi connectivity index (χ0n) is 12.7. The summed E-state index contributed by atoms with van der Waals surface area (Å²) in [5, 5.41) is 4.68. The minimum Gasteiger partial charge on any atom is -0.327 e. The summed E-state index contributed by atoms with van der Waals surface area (Å²) in [5.74, 6) is 1.53. The molecule has 3 atom stereocenters. The van der Waals surface area contributed by atoms with Crippen molar-refractivity contribution in [1.29, 1.82) is 0 Å². The second kappa shape index (κ2) is 6.24. The van der Waals surface area contributed by atoms with Crippen LogP contribution >= 0.6 is 11.8 Å². The van der Waals surface area contributed by atoms with Crippen LogP contribution in [-0.2, 0) is 6.42 Å². The molecular formula is C17H23N3S. The zero-order chi connectivity index (χ0) is 14.8. The lowest BCUT2D eigenvalue weighted by molar-refractivity contribution is 0.468. The van der Waals surface area contributed by atoms with Gasteiger partial charge in [0.05, 0.1) is 5.69 Å². The average molecular weight is 301 g/mol. The summed E-state index contributed by atoms with van der Waals surface area (Å²) in [5.41, 5.74) is 9.00. The van der Waals surface area contributed by atoms with E-state index in [-0.39, 0.29) is 6.04 Å². The summed E-state index contributed by atoms with van der Waals surface area (Å²) in [4.78, 5) is 1.39. The molecule has 1 aromatic heterocycles. The Kier molecular flexibility index (Phi) is 4.36. The quantitative estimate of drug-likeness (QED) is 0.917. The first kappa shape index (κ1) is 14.7. The van der Waals surface area contributed by atoms with Crippen molar-refractivity contribution in [1.82, 2.24) is 9.78 Å². The van der Waals surface area contributed by atoms with E-state index in [0.29, 0.717) is 12.0 Å². The lowest BCUT2D eigenvalue weighted by Gasteiger charge is -2.18. The second-order valence-electron chi connectivity index (χ2n) is 5.87. The molecule has 1 aromatic carbocycles. The maximum absolute atomic E-state index is 6.48. The molecule has 2 heterocycles. The van der Waals surface area contributed by atoms with Crippen molar-refractivity contribution in [3.8, 4) is 0 Å². The molecule has 2 N–H and O–H groups in total.